The van der Waals surface area contributed by atoms with Gasteiger partial charge in [-0.15, -0.1) is 6.58 Å². The summed E-state index contributed by atoms with van der Waals surface area (Å²) in [6.45, 7) is 11.9. The van der Waals surface area contributed by atoms with Crippen molar-refractivity contribution in [1.82, 2.24) is 26.6 Å². The minimum atomic E-state index is -3.37. The van der Waals surface area contributed by atoms with E-state index in [1.165, 1.54) is 12.5 Å². The fourth-order valence-corrected chi connectivity index (χ4v) is 10.00. The number of hydrogen-bond donors (Lipinski definition) is 5. The number of urea groups is 1. The fourth-order valence-electron chi connectivity index (χ4n) is 8.48. The van der Waals surface area contributed by atoms with Gasteiger partial charge >= 0.3 is 6.03 Å². The molecule has 4 atom stereocenters. The van der Waals surface area contributed by atoms with Crippen molar-refractivity contribution in [1.29, 1.82) is 0 Å². The van der Waals surface area contributed by atoms with Gasteiger partial charge in [-0.25, -0.2) is 13.2 Å². The van der Waals surface area contributed by atoms with E-state index in [9.17, 15) is 32.4 Å². The highest BCUT2D eigenvalue weighted by atomic mass is 32.2. The smallest absolute Gasteiger partial charge is 0.315 e. The summed E-state index contributed by atoms with van der Waals surface area (Å²) in [4.78, 5) is 61.8. The van der Waals surface area contributed by atoms with Crippen LogP contribution in [0.15, 0.2) is 12.7 Å². The van der Waals surface area contributed by atoms with Crippen LogP contribution in [0.2, 0.25) is 0 Å². The van der Waals surface area contributed by atoms with Gasteiger partial charge in [0.25, 0.3) is 5.91 Å². The van der Waals surface area contributed by atoms with E-state index in [1.807, 2.05) is 0 Å². The number of hydrogen-bond acceptors (Lipinski definition) is 8. The number of Topliss-reactive ketones (excluding diaryl/α,β-unsaturated/α-hetero) is 2. The molecule has 0 radical (unpaired) electrons. The van der Waals surface area contributed by atoms with Crippen molar-refractivity contribution in [2.24, 2.45) is 17.3 Å². The molecule has 0 aromatic heterocycles. The van der Waals surface area contributed by atoms with Gasteiger partial charge in [-0.3, -0.25) is 19.2 Å². The molecule has 0 aromatic carbocycles. The Bertz CT molecular complexity index is 1410. The molecule has 52 heavy (non-hydrogen) atoms. The largest absolute Gasteiger partial charge is 0.346 e. The summed E-state index contributed by atoms with van der Waals surface area (Å²) in [5.41, 5.74) is -0.801. The van der Waals surface area contributed by atoms with E-state index in [0.717, 1.165) is 83.6 Å². The second-order valence-corrected chi connectivity index (χ2v) is 20.0. The van der Waals surface area contributed by atoms with Crippen molar-refractivity contribution in [3.63, 3.8) is 0 Å². The van der Waals surface area contributed by atoms with Crippen molar-refractivity contribution >= 4 is 39.2 Å². The lowest BCUT2D eigenvalue weighted by atomic mass is 9.56. The van der Waals surface area contributed by atoms with Crippen molar-refractivity contribution in [2.75, 3.05) is 18.8 Å². The van der Waals surface area contributed by atoms with Crippen molar-refractivity contribution in [3.8, 4) is 0 Å². The summed E-state index contributed by atoms with van der Waals surface area (Å²) in [5.74, 6) is -0.346. The Morgan fingerprint density at radius 3 is 2.17 bits per heavy atom. The molecular formula is C39H65N5O7S. The third-order valence-corrected chi connectivity index (χ3v) is 14.7. The molecule has 1 aliphatic heterocycles. The zero-order chi connectivity index (χ0) is 38.2. The first-order valence-corrected chi connectivity index (χ1v) is 21.5. The Hall–Kier alpha value is -2.80. The molecule has 1 unspecified atom stereocenters. The van der Waals surface area contributed by atoms with Crippen LogP contribution in [0.4, 0.5) is 4.79 Å². The molecule has 4 aliphatic carbocycles. The fraction of sp³-hybridized carbons (Fsp3) is 0.821. The first-order valence-electron chi connectivity index (χ1n) is 19.8. The molecule has 12 nitrogen and oxygen atoms in total. The Morgan fingerprint density at radius 2 is 1.62 bits per heavy atom. The zero-order valence-electron chi connectivity index (χ0n) is 32.1. The molecular weight excluding hydrogens is 683 g/mol. The normalized spacial score (nSPS) is 25.8. The van der Waals surface area contributed by atoms with Crippen LogP contribution in [0, 0.1) is 17.3 Å². The van der Waals surface area contributed by atoms with E-state index in [0.29, 0.717) is 37.5 Å². The van der Waals surface area contributed by atoms with Crippen LogP contribution >= 0.6 is 0 Å². The maximum atomic E-state index is 12.9. The highest BCUT2D eigenvalue weighted by molar-refractivity contribution is 7.92. The minimum Gasteiger partial charge on any atom is -0.346 e. The monoisotopic (exact) mass is 747 g/mol. The molecule has 13 heteroatoms. The molecule has 1 saturated heterocycles. The molecule has 5 aliphatic rings. The second kappa shape index (κ2) is 18.0. The predicted molar refractivity (Wildman–Crippen MR) is 202 cm³/mol. The van der Waals surface area contributed by atoms with Crippen LogP contribution in [-0.4, -0.2) is 85.1 Å². The molecule has 0 aromatic rings. The topological polar surface area (TPSA) is 180 Å². The third kappa shape index (κ3) is 11.1. The second-order valence-electron chi connectivity index (χ2n) is 17.3. The van der Waals surface area contributed by atoms with Gasteiger partial charge in [-0.2, -0.15) is 0 Å². The number of sulfone groups is 1. The van der Waals surface area contributed by atoms with Gasteiger partial charge in [0, 0.05) is 18.4 Å². The Morgan fingerprint density at radius 1 is 0.981 bits per heavy atom. The van der Waals surface area contributed by atoms with E-state index >= 15 is 0 Å². The average molecular weight is 748 g/mol. The van der Waals surface area contributed by atoms with Crippen molar-refractivity contribution in [3.05, 3.63) is 12.7 Å². The van der Waals surface area contributed by atoms with Crippen LogP contribution < -0.4 is 26.6 Å². The van der Waals surface area contributed by atoms with Gasteiger partial charge in [0.15, 0.2) is 15.6 Å². The van der Waals surface area contributed by atoms with E-state index < -0.39 is 43.9 Å². The molecule has 1 spiro atoms. The summed E-state index contributed by atoms with van der Waals surface area (Å²) in [6.07, 6.45) is 17.4. The molecule has 5 rings (SSSR count). The van der Waals surface area contributed by atoms with Gasteiger partial charge in [-0.05, 0) is 84.1 Å². The Labute approximate surface area is 311 Å². The maximum absolute atomic E-state index is 12.9. The van der Waals surface area contributed by atoms with Crippen molar-refractivity contribution < 1.29 is 32.4 Å². The van der Waals surface area contributed by atoms with Crippen LogP contribution in [-0.2, 0) is 29.0 Å². The van der Waals surface area contributed by atoms with Gasteiger partial charge in [-0.1, -0.05) is 70.8 Å². The van der Waals surface area contributed by atoms with E-state index in [4.69, 9.17) is 0 Å². The highest BCUT2D eigenvalue weighted by Gasteiger charge is 2.54. The van der Waals surface area contributed by atoms with E-state index in [1.54, 1.807) is 20.8 Å². The molecule has 5 N–H and O–H groups in total. The molecule has 4 saturated carbocycles. The third-order valence-electron chi connectivity index (χ3n) is 11.9. The molecule has 4 amide bonds. The van der Waals surface area contributed by atoms with Crippen molar-refractivity contribution in [2.45, 2.75) is 165 Å². The predicted octanol–water partition coefficient (Wildman–Crippen LogP) is 4.41. The minimum absolute atomic E-state index is 0.0410. The van der Waals surface area contributed by atoms with Gasteiger partial charge < -0.3 is 26.6 Å². The average Bonchev–Trinajstić information content (AvgIpc) is 3.79. The standard InChI is InChI=1S/C21H36N2O4S.C18H29N3O3/c1-19(2,3)28(26,27)15-21(12-8-5-9-13-21)23-18(25)22-17-16(24)14-20(17)10-6-4-7-11-20;1-3-5-13-10-15(20-11-13)17(23)21-14(9-12-6-7-12)16(22)18(24)19-8-4-2/h17H,4-15H2,1-3H3,(H2,22,23,25);4,12-15,20H,2-3,5-11H2,1H3,(H,19,24)(H,21,23)/t;13-,14+,15+/m.1/s1. The van der Waals surface area contributed by atoms with Crippen LogP contribution in [0.3, 0.4) is 0 Å². The molecule has 0 bridgehead atoms. The quantitative estimate of drug-likeness (QED) is 0.128. The summed E-state index contributed by atoms with van der Waals surface area (Å²) in [7, 11) is -3.37. The SMILES string of the molecule is C=CCNC(=O)C(=O)[C@H](CC1CC1)NC(=O)[C@@H]1C[C@@H](CCC)CN1.CC(C)(C)S(=O)(=O)CC1(NC(=O)NC2C(=O)CC23CCCCC3)CCCCC1. The lowest BCUT2D eigenvalue weighted by Gasteiger charge is -2.51. The summed E-state index contributed by atoms with van der Waals surface area (Å²) < 4.78 is 24.9. The summed E-state index contributed by atoms with van der Waals surface area (Å²) in [5, 5.41) is 14.5. The first kappa shape index (κ1) is 41.9. The molecule has 5 fully saturated rings. The van der Waals surface area contributed by atoms with Crippen LogP contribution in [0.25, 0.3) is 0 Å². The van der Waals surface area contributed by atoms with E-state index in [-0.39, 0.29) is 41.5 Å². The number of rotatable bonds is 14. The number of ketones is 2. The Kier molecular flexibility index (Phi) is 14.5. The summed E-state index contributed by atoms with van der Waals surface area (Å²) in [6, 6.07) is -1.77. The van der Waals surface area contributed by atoms with E-state index in [2.05, 4.69) is 40.1 Å². The van der Waals surface area contributed by atoms with Crippen LogP contribution in [0.1, 0.15) is 137 Å². The number of carbonyl (C=O) groups excluding carboxylic acids is 5. The maximum Gasteiger partial charge on any atom is 0.315 e. The number of carbonyl (C=O) groups is 5. The first-order chi connectivity index (χ1) is 24.5. The van der Waals surface area contributed by atoms with Crippen LogP contribution in [0.5, 0.6) is 0 Å². The summed E-state index contributed by atoms with van der Waals surface area (Å²) >= 11 is 0. The zero-order valence-corrected chi connectivity index (χ0v) is 32.9. The van der Waals surface area contributed by atoms with Gasteiger partial charge in [0.2, 0.25) is 11.7 Å². The van der Waals surface area contributed by atoms with Gasteiger partial charge in [0.1, 0.15) is 0 Å². The molecule has 1 heterocycles. The number of amides is 4. The Balaban J connectivity index is 0.000000236. The molecule has 294 valence electrons. The lowest BCUT2D eigenvalue weighted by molar-refractivity contribution is -0.140. The lowest BCUT2D eigenvalue weighted by Crippen LogP contribution is -2.66. The highest BCUT2D eigenvalue weighted by Crippen LogP contribution is 2.49. The number of nitrogens with one attached hydrogen (secondary N) is 5. The van der Waals surface area contributed by atoms with Gasteiger partial charge in [0.05, 0.1) is 34.2 Å².